The molecular weight excluding hydrogens is 224 g/mol. The Morgan fingerprint density at radius 3 is 3.00 bits per heavy atom. The number of aromatic nitrogens is 5. The highest BCUT2D eigenvalue weighted by Crippen LogP contribution is 2.19. The zero-order valence-electron chi connectivity index (χ0n) is 8.43. The van der Waals surface area contributed by atoms with Gasteiger partial charge in [0.1, 0.15) is 11.5 Å². The number of hydrogen-bond donors (Lipinski definition) is 2. The molecule has 0 amide bonds. The van der Waals surface area contributed by atoms with Crippen molar-refractivity contribution in [3.8, 4) is 11.5 Å². The Morgan fingerprint density at radius 1 is 1.31 bits per heavy atom. The van der Waals surface area contributed by atoms with Crippen LogP contribution in [0, 0.1) is 0 Å². The fraction of sp³-hybridized carbons (Fsp3) is 0.111. The number of fused-ring (bicyclic) bond motifs is 1. The second-order valence-electron chi connectivity index (χ2n) is 3.19. The van der Waals surface area contributed by atoms with Crippen LogP contribution in [0.2, 0.25) is 0 Å². The van der Waals surface area contributed by atoms with E-state index in [0.717, 1.165) is 17.0 Å². The minimum atomic E-state index is 0.676. The number of rotatable bonds is 2. The molecule has 16 heavy (non-hydrogen) atoms. The quantitative estimate of drug-likeness (QED) is 0.700. The fourth-order valence-electron chi connectivity index (χ4n) is 1.42. The standard InChI is InChI=1S/C9H8N6S/c1-10-7-3-2-5-8(12-7)13-9(11-5)6-4-16-15-14-6/h2-4H,1H3,(H2,10,11,12,13). The van der Waals surface area contributed by atoms with E-state index in [0.29, 0.717) is 11.5 Å². The zero-order valence-corrected chi connectivity index (χ0v) is 9.25. The predicted octanol–water partition coefficient (Wildman–Crippen LogP) is 1.52. The van der Waals surface area contributed by atoms with Gasteiger partial charge < -0.3 is 10.3 Å². The first kappa shape index (κ1) is 9.22. The Morgan fingerprint density at radius 2 is 2.25 bits per heavy atom. The van der Waals surface area contributed by atoms with Gasteiger partial charge in [0.15, 0.2) is 11.5 Å². The third-order valence-electron chi connectivity index (χ3n) is 2.20. The van der Waals surface area contributed by atoms with Crippen LogP contribution in [0.3, 0.4) is 0 Å². The molecule has 0 fully saturated rings. The Balaban J connectivity index is 2.16. The summed E-state index contributed by atoms with van der Waals surface area (Å²) in [7, 11) is 1.83. The molecule has 0 spiro atoms. The third kappa shape index (κ3) is 1.41. The molecule has 7 heteroatoms. The van der Waals surface area contributed by atoms with Gasteiger partial charge in [-0.2, -0.15) is 0 Å². The maximum Gasteiger partial charge on any atom is 0.180 e. The molecule has 3 aromatic heterocycles. The number of anilines is 1. The first-order valence-electron chi connectivity index (χ1n) is 4.69. The average molecular weight is 232 g/mol. The molecule has 0 aliphatic heterocycles. The monoisotopic (exact) mass is 232 g/mol. The van der Waals surface area contributed by atoms with Crippen LogP contribution in [-0.2, 0) is 0 Å². The van der Waals surface area contributed by atoms with Gasteiger partial charge in [-0.1, -0.05) is 4.49 Å². The zero-order chi connectivity index (χ0) is 11.0. The van der Waals surface area contributed by atoms with Crippen LogP contribution in [0.25, 0.3) is 22.7 Å². The molecule has 0 atom stereocenters. The molecule has 0 bridgehead atoms. The molecular formula is C9H8N6S. The van der Waals surface area contributed by atoms with Crippen molar-refractivity contribution < 1.29 is 0 Å². The molecule has 0 unspecified atom stereocenters. The largest absolute Gasteiger partial charge is 0.373 e. The van der Waals surface area contributed by atoms with Gasteiger partial charge in [0.05, 0.1) is 5.52 Å². The third-order valence-corrected chi connectivity index (χ3v) is 2.71. The highest BCUT2D eigenvalue weighted by atomic mass is 32.1. The van der Waals surface area contributed by atoms with Crippen molar-refractivity contribution in [3.63, 3.8) is 0 Å². The highest BCUT2D eigenvalue weighted by Gasteiger charge is 2.08. The molecule has 0 aromatic carbocycles. The molecule has 2 N–H and O–H groups in total. The minimum absolute atomic E-state index is 0.676. The number of H-pyrrole nitrogens is 1. The summed E-state index contributed by atoms with van der Waals surface area (Å²) >= 11 is 1.30. The average Bonchev–Trinajstić information content (AvgIpc) is 2.96. The number of imidazole rings is 1. The fourth-order valence-corrected chi connectivity index (χ4v) is 1.86. The Kier molecular flexibility index (Phi) is 2.03. The number of nitrogens with zero attached hydrogens (tertiary/aromatic N) is 4. The van der Waals surface area contributed by atoms with E-state index in [1.807, 2.05) is 24.6 Å². The van der Waals surface area contributed by atoms with Crippen LogP contribution < -0.4 is 5.32 Å². The molecule has 3 aromatic rings. The Bertz CT molecular complexity index is 614. The molecule has 6 nitrogen and oxygen atoms in total. The minimum Gasteiger partial charge on any atom is -0.373 e. The smallest absolute Gasteiger partial charge is 0.180 e. The van der Waals surface area contributed by atoms with Gasteiger partial charge >= 0.3 is 0 Å². The summed E-state index contributed by atoms with van der Waals surface area (Å²) in [6, 6.07) is 3.83. The van der Waals surface area contributed by atoms with Gasteiger partial charge in [-0.15, -0.1) is 5.10 Å². The number of nitrogens with one attached hydrogen (secondary N) is 2. The van der Waals surface area contributed by atoms with E-state index >= 15 is 0 Å². The molecule has 3 heterocycles. The highest BCUT2D eigenvalue weighted by molar-refractivity contribution is 7.03. The SMILES string of the molecule is CNc1ccc2[nH]c(-c3csnn3)nc2n1. The van der Waals surface area contributed by atoms with E-state index in [1.165, 1.54) is 11.5 Å². The number of pyridine rings is 1. The van der Waals surface area contributed by atoms with Crippen molar-refractivity contribution in [2.75, 3.05) is 12.4 Å². The van der Waals surface area contributed by atoms with E-state index < -0.39 is 0 Å². The summed E-state index contributed by atoms with van der Waals surface area (Å²) < 4.78 is 3.80. The summed E-state index contributed by atoms with van der Waals surface area (Å²) in [6.07, 6.45) is 0. The molecule has 0 aliphatic carbocycles. The van der Waals surface area contributed by atoms with Crippen LogP contribution in [0.5, 0.6) is 0 Å². The summed E-state index contributed by atoms with van der Waals surface area (Å²) in [6.45, 7) is 0. The van der Waals surface area contributed by atoms with Gasteiger partial charge in [0.2, 0.25) is 0 Å². The van der Waals surface area contributed by atoms with E-state index in [9.17, 15) is 0 Å². The van der Waals surface area contributed by atoms with Crippen molar-refractivity contribution in [3.05, 3.63) is 17.5 Å². The van der Waals surface area contributed by atoms with Gasteiger partial charge in [0.25, 0.3) is 0 Å². The van der Waals surface area contributed by atoms with Crippen LogP contribution in [0.1, 0.15) is 0 Å². The van der Waals surface area contributed by atoms with Crippen LogP contribution >= 0.6 is 11.5 Å². The van der Waals surface area contributed by atoms with Crippen molar-refractivity contribution in [1.29, 1.82) is 0 Å². The molecule has 0 radical (unpaired) electrons. The van der Waals surface area contributed by atoms with E-state index in [-0.39, 0.29) is 0 Å². The van der Waals surface area contributed by atoms with Crippen molar-refractivity contribution >= 4 is 28.5 Å². The maximum atomic E-state index is 4.36. The summed E-state index contributed by atoms with van der Waals surface area (Å²) in [4.78, 5) is 11.8. The second-order valence-corrected chi connectivity index (χ2v) is 3.80. The van der Waals surface area contributed by atoms with Crippen LogP contribution in [0.4, 0.5) is 5.82 Å². The Hall–Kier alpha value is -2.02. The molecule has 80 valence electrons. The lowest BCUT2D eigenvalue weighted by Crippen LogP contribution is -1.91. The lowest BCUT2D eigenvalue weighted by Gasteiger charge is -1.95. The maximum absolute atomic E-state index is 4.36. The lowest BCUT2D eigenvalue weighted by molar-refractivity contribution is 1.13. The van der Waals surface area contributed by atoms with Crippen LogP contribution in [0.15, 0.2) is 17.5 Å². The van der Waals surface area contributed by atoms with Crippen molar-refractivity contribution in [2.24, 2.45) is 0 Å². The molecule has 0 saturated carbocycles. The summed E-state index contributed by atoms with van der Waals surface area (Å²) in [5.41, 5.74) is 2.31. The van der Waals surface area contributed by atoms with Crippen molar-refractivity contribution in [1.82, 2.24) is 24.5 Å². The van der Waals surface area contributed by atoms with E-state index in [4.69, 9.17) is 0 Å². The topological polar surface area (TPSA) is 79.4 Å². The number of hydrogen-bond acceptors (Lipinski definition) is 6. The normalized spacial score (nSPS) is 10.8. The first-order valence-corrected chi connectivity index (χ1v) is 5.52. The van der Waals surface area contributed by atoms with Gasteiger partial charge in [0, 0.05) is 12.4 Å². The van der Waals surface area contributed by atoms with Crippen molar-refractivity contribution in [2.45, 2.75) is 0 Å². The van der Waals surface area contributed by atoms with E-state index in [1.54, 1.807) is 0 Å². The Labute approximate surface area is 94.9 Å². The molecule has 0 aliphatic rings. The second kappa shape index (κ2) is 3.53. The first-order chi connectivity index (χ1) is 7.86. The predicted molar refractivity (Wildman–Crippen MR) is 62.3 cm³/mol. The summed E-state index contributed by atoms with van der Waals surface area (Å²) in [5.74, 6) is 1.49. The van der Waals surface area contributed by atoms with E-state index in [2.05, 4.69) is 29.9 Å². The van der Waals surface area contributed by atoms with Gasteiger partial charge in [-0.05, 0) is 23.7 Å². The van der Waals surface area contributed by atoms with Gasteiger partial charge in [-0.25, -0.2) is 9.97 Å². The molecule has 3 rings (SSSR count). The van der Waals surface area contributed by atoms with Gasteiger partial charge in [-0.3, -0.25) is 0 Å². The lowest BCUT2D eigenvalue weighted by atomic mass is 10.4. The summed E-state index contributed by atoms with van der Waals surface area (Å²) in [5, 5.41) is 8.77. The van der Waals surface area contributed by atoms with Crippen LogP contribution in [-0.4, -0.2) is 31.6 Å². The number of aromatic amines is 1. The molecule has 0 saturated heterocycles.